The van der Waals surface area contributed by atoms with E-state index in [1.165, 1.54) is 12.1 Å². The van der Waals surface area contributed by atoms with Gasteiger partial charge in [0, 0.05) is 18.0 Å². The van der Waals surface area contributed by atoms with Crippen LogP contribution < -0.4 is 0 Å². The number of aromatic nitrogens is 1. The number of rotatable bonds is 2. The average Bonchev–Trinajstić information content (AvgIpc) is 2.29. The van der Waals surface area contributed by atoms with E-state index in [0.29, 0.717) is 0 Å². The van der Waals surface area contributed by atoms with E-state index in [-0.39, 0.29) is 11.3 Å². The zero-order chi connectivity index (χ0) is 12.4. The molecule has 1 heterocycles. The van der Waals surface area contributed by atoms with Crippen molar-refractivity contribution in [1.82, 2.24) is 4.98 Å². The van der Waals surface area contributed by atoms with Gasteiger partial charge >= 0.3 is 5.97 Å². The van der Waals surface area contributed by atoms with E-state index in [0.717, 1.165) is 16.7 Å². The SMILES string of the molecule is Cc1cncc(-c2ccc(O)c(C(=O)O)c2)c1. The molecule has 0 fully saturated rings. The summed E-state index contributed by atoms with van der Waals surface area (Å²) in [5.74, 6) is -1.38. The number of carbonyl (C=O) groups is 1. The number of hydrogen-bond donors (Lipinski definition) is 2. The van der Waals surface area contributed by atoms with Crippen LogP contribution in [0.25, 0.3) is 11.1 Å². The molecule has 0 saturated heterocycles. The van der Waals surface area contributed by atoms with E-state index in [1.807, 2.05) is 13.0 Å². The summed E-state index contributed by atoms with van der Waals surface area (Å²) >= 11 is 0. The highest BCUT2D eigenvalue weighted by Gasteiger charge is 2.11. The van der Waals surface area contributed by atoms with Crippen molar-refractivity contribution in [2.75, 3.05) is 0 Å². The van der Waals surface area contributed by atoms with Crippen LogP contribution in [-0.4, -0.2) is 21.2 Å². The molecule has 4 heteroatoms. The number of pyridine rings is 1. The Morgan fingerprint density at radius 3 is 2.59 bits per heavy atom. The standard InChI is InChI=1S/C13H11NO3/c1-8-4-10(7-14-6-8)9-2-3-12(15)11(5-9)13(16)17/h2-7,15H,1H3,(H,16,17). The lowest BCUT2D eigenvalue weighted by atomic mass is 10.0. The number of phenols is 1. The van der Waals surface area contributed by atoms with Gasteiger partial charge in [0.25, 0.3) is 0 Å². The van der Waals surface area contributed by atoms with Gasteiger partial charge in [-0.2, -0.15) is 0 Å². The van der Waals surface area contributed by atoms with Crippen molar-refractivity contribution in [3.63, 3.8) is 0 Å². The minimum Gasteiger partial charge on any atom is -0.507 e. The number of aromatic carboxylic acids is 1. The van der Waals surface area contributed by atoms with Crippen LogP contribution in [0.3, 0.4) is 0 Å². The molecule has 0 unspecified atom stereocenters. The molecule has 0 radical (unpaired) electrons. The summed E-state index contributed by atoms with van der Waals surface area (Å²) in [6.45, 7) is 1.91. The minimum absolute atomic E-state index is 0.107. The van der Waals surface area contributed by atoms with Crippen molar-refractivity contribution >= 4 is 5.97 Å². The lowest BCUT2D eigenvalue weighted by Gasteiger charge is -2.05. The van der Waals surface area contributed by atoms with Crippen LogP contribution in [0.5, 0.6) is 5.75 Å². The number of benzene rings is 1. The third-order valence-corrected chi connectivity index (χ3v) is 2.44. The number of carboxylic acid groups (broad SMARTS) is 1. The van der Waals surface area contributed by atoms with Gasteiger partial charge in [-0.05, 0) is 36.2 Å². The molecule has 0 atom stereocenters. The molecule has 4 nitrogen and oxygen atoms in total. The van der Waals surface area contributed by atoms with Crippen LogP contribution >= 0.6 is 0 Å². The molecule has 2 N–H and O–H groups in total. The predicted octanol–water partition coefficient (Wildman–Crippen LogP) is 2.46. The lowest BCUT2D eigenvalue weighted by molar-refractivity contribution is 0.0694. The predicted molar refractivity (Wildman–Crippen MR) is 63.0 cm³/mol. The van der Waals surface area contributed by atoms with Gasteiger partial charge in [-0.15, -0.1) is 0 Å². The Labute approximate surface area is 98.2 Å². The molecule has 2 aromatic rings. The summed E-state index contributed by atoms with van der Waals surface area (Å²) in [6.07, 6.45) is 3.38. The van der Waals surface area contributed by atoms with E-state index in [1.54, 1.807) is 18.5 Å². The molecular formula is C13H11NO3. The molecule has 1 aromatic carbocycles. The molecule has 0 aliphatic heterocycles. The van der Waals surface area contributed by atoms with Crippen molar-refractivity contribution < 1.29 is 15.0 Å². The maximum absolute atomic E-state index is 10.9. The van der Waals surface area contributed by atoms with Gasteiger partial charge in [0.1, 0.15) is 11.3 Å². The second kappa shape index (κ2) is 4.25. The first-order valence-corrected chi connectivity index (χ1v) is 5.06. The van der Waals surface area contributed by atoms with Gasteiger partial charge in [-0.3, -0.25) is 4.98 Å². The molecular weight excluding hydrogens is 218 g/mol. The van der Waals surface area contributed by atoms with Crippen LogP contribution in [-0.2, 0) is 0 Å². The largest absolute Gasteiger partial charge is 0.507 e. The zero-order valence-corrected chi connectivity index (χ0v) is 9.21. The first kappa shape index (κ1) is 11.1. The van der Waals surface area contributed by atoms with Crippen LogP contribution in [0.1, 0.15) is 15.9 Å². The summed E-state index contributed by atoms with van der Waals surface area (Å²) in [4.78, 5) is 14.9. The second-order valence-corrected chi connectivity index (χ2v) is 3.79. The highest BCUT2D eigenvalue weighted by Crippen LogP contribution is 2.25. The smallest absolute Gasteiger partial charge is 0.339 e. The first-order chi connectivity index (χ1) is 8.08. The number of carboxylic acids is 1. The van der Waals surface area contributed by atoms with Crippen LogP contribution in [0, 0.1) is 6.92 Å². The summed E-state index contributed by atoms with van der Waals surface area (Å²) in [5.41, 5.74) is 2.43. The maximum Gasteiger partial charge on any atom is 0.339 e. The van der Waals surface area contributed by atoms with Gasteiger partial charge in [0.15, 0.2) is 0 Å². The number of aromatic hydroxyl groups is 1. The van der Waals surface area contributed by atoms with Gasteiger partial charge in [-0.25, -0.2) is 4.79 Å². The van der Waals surface area contributed by atoms with Gasteiger partial charge in [0.05, 0.1) is 0 Å². The Balaban J connectivity index is 2.54. The van der Waals surface area contributed by atoms with Crippen molar-refractivity contribution in [3.8, 4) is 16.9 Å². The Hall–Kier alpha value is -2.36. The third kappa shape index (κ3) is 2.25. The van der Waals surface area contributed by atoms with Gasteiger partial charge < -0.3 is 10.2 Å². The summed E-state index contributed by atoms with van der Waals surface area (Å²) in [7, 11) is 0. The van der Waals surface area contributed by atoms with Crippen LogP contribution in [0.4, 0.5) is 0 Å². The molecule has 0 bridgehead atoms. The highest BCUT2D eigenvalue weighted by molar-refractivity contribution is 5.92. The summed E-state index contributed by atoms with van der Waals surface area (Å²) in [6, 6.07) is 6.39. The Morgan fingerprint density at radius 1 is 1.18 bits per heavy atom. The monoisotopic (exact) mass is 229 g/mol. The molecule has 86 valence electrons. The average molecular weight is 229 g/mol. The van der Waals surface area contributed by atoms with Gasteiger partial charge in [-0.1, -0.05) is 6.07 Å². The molecule has 2 rings (SSSR count). The second-order valence-electron chi connectivity index (χ2n) is 3.79. The van der Waals surface area contributed by atoms with Crippen molar-refractivity contribution in [2.24, 2.45) is 0 Å². The van der Waals surface area contributed by atoms with Crippen molar-refractivity contribution in [3.05, 3.63) is 47.8 Å². The summed E-state index contributed by atoms with van der Waals surface area (Å²) < 4.78 is 0. The Bertz CT molecular complexity index is 579. The topological polar surface area (TPSA) is 70.4 Å². The van der Waals surface area contributed by atoms with Gasteiger partial charge in [0.2, 0.25) is 0 Å². The summed E-state index contributed by atoms with van der Waals surface area (Å²) in [5, 5.41) is 18.3. The molecule has 17 heavy (non-hydrogen) atoms. The van der Waals surface area contributed by atoms with E-state index in [2.05, 4.69) is 4.98 Å². The van der Waals surface area contributed by atoms with Crippen molar-refractivity contribution in [2.45, 2.75) is 6.92 Å². The maximum atomic E-state index is 10.9. The first-order valence-electron chi connectivity index (χ1n) is 5.06. The van der Waals surface area contributed by atoms with E-state index < -0.39 is 5.97 Å². The number of aryl methyl sites for hydroxylation is 1. The van der Waals surface area contributed by atoms with Crippen molar-refractivity contribution in [1.29, 1.82) is 0 Å². The van der Waals surface area contributed by atoms with E-state index >= 15 is 0 Å². The van der Waals surface area contributed by atoms with E-state index in [9.17, 15) is 9.90 Å². The zero-order valence-electron chi connectivity index (χ0n) is 9.21. The Kier molecular flexibility index (Phi) is 2.78. The molecule has 0 spiro atoms. The normalized spacial score (nSPS) is 10.2. The fourth-order valence-corrected chi connectivity index (χ4v) is 1.60. The molecule has 1 aromatic heterocycles. The fourth-order valence-electron chi connectivity index (χ4n) is 1.60. The minimum atomic E-state index is -1.15. The lowest BCUT2D eigenvalue weighted by Crippen LogP contribution is -1.97. The van der Waals surface area contributed by atoms with Crippen LogP contribution in [0.2, 0.25) is 0 Å². The van der Waals surface area contributed by atoms with Crippen LogP contribution in [0.15, 0.2) is 36.7 Å². The molecule has 0 aliphatic carbocycles. The molecule has 0 aliphatic rings. The molecule has 0 saturated carbocycles. The Morgan fingerprint density at radius 2 is 1.94 bits per heavy atom. The molecule has 0 amide bonds. The highest BCUT2D eigenvalue weighted by atomic mass is 16.4. The third-order valence-electron chi connectivity index (χ3n) is 2.44. The number of nitrogens with zero attached hydrogens (tertiary/aromatic N) is 1. The van der Waals surface area contributed by atoms with E-state index in [4.69, 9.17) is 5.11 Å². The quantitative estimate of drug-likeness (QED) is 0.829. The fraction of sp³-hybridized carbons (Fsp3) is 0.0769. The number of hydrogen-bond acceptors (Lipinski definition) is 3.